The molecule has 1 aromatic heterocycles. The van der Waals surface area contributed by atoms with Gasteiger partial charge in [-0.15, -0.1) is 0 Å². The molecule has 6 nitrogen and oxygen atoms in total. The Morgan fingerprint density at radius 1 is 1.17 bits per heavy atom. The lowest BCUT2D eigenvalue weighted by Gasteiger charge is -2.36. The van der Waals surface area contributed by atoms with Gasteiger partial charge in [-0.3, -0.25) is 4.90 Å². The minimum absolute atomic E-state index is 0.0724. The highest BCUT2D eigenvalue weighted by atomic mass is 28.3. The molecule has 1 aromatic carbocycles. The Morgan fingerprint density at radius 3 is 2.53 bits per heavy atom. The number of hydrogen-bond donors (Lipinski definition) is 0. The fourth-order valence-electron chi connectivity index (χ4n) is 4.15. The van der Waals surface area contributed by atoms with Crippen LogP contribution in [0.4, 0.5) is 4.79 Å². The molecule has 0 atom stereocenters. The lowest BCUT2D eigenvalue weighted by atomic mass is 10.0. The maximum atomic E-state index is 13.2. The number of amides is 1. The van der Waals surface area contributed by atoms with E-state index in [9.17, 15) is 4.79 Å². The first-order valence-corrected chi connectivity index (χ1v) is 12.8. The minimum Gasteiger partial charge on any atom is -0.409 e. The van der Waals surface area contributed by atoms with Crippen LogP contribution in [0.15, 0.2) is 36.5 Å². The van der Waals surface area contributed by atoms with Crippen LogP contribution in [-0.2, 0) is 24.1 Å². The predicted molar refractivity (Wildman–Crippen MR) is 119 cm³/mol. The van der Waals surface area contributed by atoms with E-state index in [1.807, 2.05) is 11.1 Å². The summed E-state index contributed by atoms with van der Waals surface area (Å²) in [6.07, 6.45) is 3.89. The molecule has 3 heterocycles. The summed E-state index contributed by atoms with van der Waals surface area (Å²) in [7, 11) is -0.964. The van der Waals surface area contributed by atoms with Gasteiger partial charge < -0.3 is 9.33 Å². The number of likely N-dealkylation sites (tertiary alicyclic amines) is 1. The Kier molecular flexibility index (Phi) is 6.13. The van der Waals surface area contributed by atoms with Crippen LogP contribution in [0, 0.1) is 0 Å². The third kappa shape index (κ3) is 4.53. The number of carbonyl (C=O) groups excluding carboxylic acids is 1. The first-order valence-electron chi connectivity index (χ1n) is 10.9. The lowest BCUT2D eigenvalue weighted by molar-refractivity contribution is 0.122. The van der Waals surface area contributed by atoms with Crippen molar-refractivity contribution >= 4 is 15.1 Å². The second kappa shape index (κ2) is 8.65. The Balaban J connectivity index is 1.33. The minimum atomic E-state index is -0.964. The van der Waals surface area contributed by atoms with Crippen LogP contribution < -0.4 is 0 Å². The zero-order chi connectivity index (χ0) is 21.3. The van der Waals surface area contributed by atoms with E-state index in [0.29, 0.717) is 19.2 Å². The van der Waals surface area contributed by atoms with Gasteiger partial charge in [0.25, 0.3) is 0 Å². The zero-order valence-electron chi connectivity index (χ0n) is 18.6. The van der Waals surface area contributed by atoms with Gasteiger partial charge in [-0.2, -0.15) is 0 Å². The van der Waals surface area contributed by atoms with Crippen molar-refractivity contribution in [2.24, 2.45) is 0 Å². The molecule has 2 aromatic rings. The van der Waals surface area contributed by atoms with E-state index in [1.165, 1.54) is 5.56 Å². The molecule has 0 unspecified atom stereocenters. The van der Waals surface area contributed by atoms with Gasteiger partial charge in [0.05, 0.1) is 25.0 Å². The fourth-order valence-corrected chi connectivity index (χ4v) is 4.93. The molecule has 7 heteroatoms. The average Bonchev–Trinajstić information content (AvgIpc) is 3.27. The number of carbonyl (C=O) groups is 1. The third-order valence-corrected chi connectivity index (χ3v) is 9.09. The summed E-state index contributed by atoms with van der Waals surface area (Å²) in [5.41, 5.74) is 2.35. The number of hydrogen-bond acceptors (Lipinski definition) is 4. The van der Waals surface area contributed by atoms with Crippen LogP contribution in [0.5, 0.6) is 0 Å². The zero-order valence-corrected chi connectivity index (χ0v) is 19.6. The van der Waals surface area contributed by atoms with Crippen molar-refractivity contribution < 1.29 is 9.22 Å². The number of imidazole rings is 1. The highest BCUT2D eigenvalue weighted by Gasteiger charge is 2.36. The van der Waals surface area contributed by atoms with Gasteiger partial charge in [0.1, 0.15) is 5.82 Å². The highest BCUT2D eigenvalue weighted by Crippen LogP contribution is 2.29. The van der Waals surface area contributed by atoms with Crippen molar-refractivity contribution in [3.63, 3.8) is 0 Å². The number of benzene rings is 1. The highest BCUT2D eigenvalue weighted by molar-refractivity contribution is 6.53. The molecule has 2 aliphatic heterocycles. The fraction of sp³-hybridized carbons (Fsp3) is 0.565. The normalized spacial score (nSPS) is 18.4. The van der Waals surface area contributed by atoms with Gasteiger partial charge in [-0.25, -0.2) is 14.3 Å². The molecule has 2 aliphatic rings. The summed E-state index contributed by atoms with van der Waals surface area (Å²) >= 11 is 0. The van der Waals surface area contributed by atoms with E-state index in [1.54, 1.807) is 4.57 Å². The smallest absolute Gasteiger partial charge is 0.330 e. The number of rotatable bonds is 6. The molecule has 0 spiro atoms. The van der Waals surface area contributed by atoms with Crippen LogP contribution in [0.2, 0.25) is 11.6 Å². The monoisotopic (exact) mass is 425 g/mol. The summed E-state index contributed by atoms with van der Waals surface area (Å²) in [6.45, 7) is 12.9. The Morgan fingerprint density at radius 2 is 1.87 bits per heavy atom. The van der Waals surface area contributed by atoms with Gasteiger partial charge in [-0.1, -0.05) is 51.1 Å². The van der Waals surface area contributed by atoms with Crippen molar-refractivity contribution in [3.8, 4) is 0 Å². The SMILES string of the molecule is C[Si](OCc1ncc2n1C(=O)N(C1CCN(Cc3ccccc3)CC1)C2)C(C)(C)C. The second-order valence-electron chi connectivity index (χ2n) is 9.50. The Labute approximate surface area is 181 Å². The van der Waals surface area contributed by atoms with Crippen LogP contribution in [-0.4, -0.2) is 53.6 Å². The third-order valence-electron chi connectivity index (χ3n) is 6.40. The largest absolute Gasteiger partial charge is 0.409 e. The molecule has 0 N–H and O–H groups in total. The molecule has 0 saturated carbocycles. The van der Waals surface area contributed by atoms with Crippen molar-refractivity contribution in [1.82, 2.24) is 19.4 Å². The number of aromatic nitrogens is 2. The molecule has 4 rings (SSSR count). The first-order chi connectivity index (χ1) is 14.3. The second-order valence-corrected chi connectivity index (χ2v) is 12.4. The van der Waals surface area contributed by atoms with E-state index < -0.39 is 9.04 Å². The summed E-state index contributed by atoms with van der Waals surface area (Å²) in [5, 5.41) is 0.162. The molecule has 1 radical (unpaired) electrons. The van der Waals surface area contributed by atoms with Crippen LogP contribution in [0.1, 0.15) is 50.7 Å². The van der Waals surface area contributed by atoms with Crippen LogP contribution >= 0.6 is 0 Å². The molecule has 0 bridgehead atoms. The number of fused-ring (bicyclic) bond motifs is 1. The summed E-state index contributed by atoms with van der Waals surface area (Å²) in [6, 6.07) is 11.0. The van der Waals surface area contributed by atoms with Gasteiger partial charge in [0.2, 0.25) is 9.04 Å². The maximum Gasteiger partial charge on any atom is 0.330 e. The molecule has 0 aliphatic carbocycles. The molecule has 161 valence electrons. The van der Waals surface area contributed by atoms with Gasteiger partial charge in [0, 0.05) is 25.7 Å². The van der Waals surface area contributed by atoms with Gasteiger partial charge >= 0.3 is 6.03 Å². The summed E-state index contributed by atoms with van der Waals surface area (Å²) in [4.78, 5) is 22.2. The van der Waals surface area contributed by atoms with Crippen molar-refractivity contribution in [2.75, 3.05) is 13.1 Å². The Hall–Kier alpha value is -1.96. The standard InChI is InChI=1S/C23H33N4O2Si/c1-23(2,3)30(4)29-17-21-24-14-20-16-26(22(28)27(20)21)19-10-12-25(13-11-19)15-18-8-6-5-7-9-18/h5-9,14,19H,10-13,15-17H2,1-4H3. The molecule has 1 saturated heterocycles. The average molecular weight is 426 g/mol. The van der Waals surface area contributed by atoms with Crippen LogP contribution in [0.3, 0.4) is 0 Å². The molecular formula is C23H33N4O2Si. The van der Waals surface area contributed by atoms with E-state index in [-0.39, 0.29) is 11.1 Å². The molecule has 1 amide bonds. The van der Waals surface area contributed by atoms with Crippen LogP contribution in [0.25, 0.3) is 0 Å². The van der Waals surface area contributed by atoms with E-state index >= 15 is 0 Å². The molecule has 30 heavy (non-hydrogen) atoms. The quantitative estimate of drug-likeness (QED) is 0.649. The van der Waals surface area contributed by atoms with E-state index in [2.05, 4.69) is 67.5 Å². The van der Waals surface area contributed by atoms with Crippen molar-refractivity contribution in [3.05, 3.63) is 53.6 Å². The van der Waals surface area contributed by atoms with Gasteiger partial charge in [0.15, 0.2) is 0 Å². The Bertz CT molecular complexity index is 869. The van der Waals surface area contributed by atoms with Crippen molar-refractivity contribution in [1.29, 1.82) is 0 Å². The van der Waals surface area contributed by atoms with Gasteiger partial charge in [-0.05, 0) is 30.0 Å². The van der Waals surface area contributed by atoms with Crippen molar-refractivity contribution in [2.45, 2.75) is 70.9 Å². The number of piperidine rings is 1. The predicted octanol–water partition coefficient (Wildman–Crippen LogP) is 4.27. The molecule has 1 fully saturated rings. The topological polar surface area (TPSA) is 50.6 Å². The first kappa shape index (κ1) is 21.3. The summed E-state index contributed by atoms with van der Waals surface area (Å²) < 4.78 is 7.90. The number of nitrogens with zero attached hydrogens (tertiary/aromatic N) is 4. The molecular weight excluding hydrogens is 392 g/mol. The maximum absolute atomic E-state index is 13.2. The summed E-state index contributed by atoms with van der Waals surface area (Å²) in [5.74, 6) is 0.743. The van der Waals surface area contributed by atoms with E-state index in [4.69, 9.17) is 4.43 Å². The van der Waals surface area contributed by atoms with E-state index in [0.717, 1.165) is 44.0 Å². The lowest BCUT2D eigenvalue weighted by Crippen LogP contribution is -2.45.